The van der Waals surface area contributed by atoms with Crippen molar-refractivity contribution in [2.45, 2.75) is 55.3 Å². The van der Waals surface area contributed by atoms with Crippen molar-refractivity contribution in [1.82, 2.24) is 19.2 Å². The first-order chi connectivity index (χ1) is 18.2. The Balaban J connectivity index is 1.18. The molecule has 0 spiro atoms. The molecule has 2 aliphatic rings. The molecule has 1 aromatic carbocycles. The van der Waals surface area contributed by atoms with E-state index < -0.39 is 16.1 Å². The van der Waals surface area contributed by atoms with Gasteiger partial charge in [-0.15, -0.1) is 0 Å². The number of hydrogen-bond donors (Lipinski definition) is 3. The van der Waals surface area contributed by atoms with Gasteiger partial charge in [-0.05, 0) is 81.7 Å². The first kappa shape index (κ1) is 26.6. The SMILES string of the molecule is Cc1ccc(N[C@@H]2CCN(S(=O)(=O)c3ccc(-c4ccc(N[C@H]5C[C@H](N(C)C)C5)nc4)cc3)C[C@@H]2O)nc1. The number of aryl methyl sites for hydroxylation is 1. The minimum atomic E-state index is -3.72. The molecule has 3 aromatic rings. The van der Waals surface area contributed by atoms with E-state index in [0.717, 1.165) is 35.3 Å². The van der Waals surface area contributed by atoms with Gasteiger partial charge >= 0.3 is 0 Å². The number of aliphatic hydroxyl groups excluding tert-OH is 1. The summed E-state index contributed by atoms with van der Waals surface area (Å²) in [5.41, 5.74) is 2.87. The van der Waals surface area contributed by atoms with Crippen molar-refractivity contribution in [3.63, 3.8) is 0 Å². The van der Waals surface area contributed by atoms with Gasteiger partial charge in [0.2, 0.25) is 10.0 Å². The van der Waals surface area contributed by atoms with E-state index in [1.165, 1.54) is 4.31 Å². The van der Waals surface area contributed by atoms with Gasteiger partial charge < -0.3 is 20.6 Å². The lowest BCUT2D eigenvalue weighted by Crippen LogP contribution is -2.51. The van der Waals surface area contributed by atoms with E-state index in [9.17, 15) is 13.5 Å². The van der Waals surface area contributed by atoms with Gasteiger partial charge in [-0.2, -0.15) is 4.31 Å². The maximum Gasteiger partial charge on any atom is 0.243 e. The highest BCUT2D eigenvalue weighted by Crippen LogP contribution is 2.28. The fraction of sp³-hybridized carbons (Fsp3) is 0.429. The van der Waals surface area contributed by atoms with Crippen molar-refractivity contribution in [3.8, 4) is 11.1 Å². The quantitative estimate of drug-likeness (QED) is 0.403. The Morgan fingerprint density at radius 3 is 2.18 bits per heavy atom. The molecule has 202 valence electrons. The largest absolute Gasteiger partial charge is 0.390 e. The second-order valence-electron chi connectivity index (χ2n) is 10.6. The van der Waals surface area contributed by atoms with Gasteiger partial charge in [0, 0.05) is 43.1 Å². The number of β-amino-alcohol motifs (C(OH)–C–C–N with tert-alkyl or cyclic N) is 1. The van der Waals surface area contributed by atoms with Crippen LogP contribution in [0.1, 0.15) is 24.8 Å². The number of aliphatic hydroxyl groups is 1. The van der Waals surface area contributed by atoms with Crippen LogP contribution in [-0.4, -0.2) is 84.1 Å². The van der Waals surface area contributed by atoms with Crippen LogP contribution in [0.4, 0.5) is 11.6 Å². The van der Waals surface area contributed by atoms with Gasteiger partial charge in [-0.3, -0.25) is 0 Å². The molecule has 0 amide bonds. The molecule has 3 heterocycles. The van der Waals surface area contributed by atoms with Gasteiger partial charge in [0.25, 0.3) is 0 Å². The monoisotopic (exact) mass is 536 g/mol. The van der Waals surface area contributed by atoms with E-state index in [0.29, 0.717) is 30.9 Å². The Hall–Kier alpha value is -3.05. The average molecular weight is 537 g/mol. The molecule has 3 N–H and O–H groups in total. The van der Waals surface area contributed by atoms with Crippen LogP contribution in [0.25, 0.3) is 11.1 Å². The minimum Gasteiger partial charge on any atom is -0.390 e. The number of piperidine rings is 1. The normalized spacial score (nSPS) is 24.1. The Kier molecular flexibility index (Phi) is 7.67. The lowest BCUT2D eigenvalue weighted by molar-refractivity contribution is 0.0949. The molecular weight excluding hydrogens is 500 g/mol. The third-order valence-electron chi connectivity index (χ3n) is 7.57. The number of rotatable bonds is 8. The highest BCUT2D eigenvalue weighted by Gasteiger charge is 2.35. The zero-order valence-electron chi connectivity index (χ0n) is 22.1. The van der Waals surface area contributed by atoms with Crippen LogP contribution in [0.2, 0.25) is 0 Å². The molecule has 0 radical (unpaired) electrons. The van der Waals surface area contributed by atoms with Crippen molar-refractivity contribution in [2.24, 2.45) is 0 Å². The number of benzene rings is 1. The molecule has 0 unspecified atom stereocenters. The van der Waals surface area contributed by atoms with Gasteiger partial charge in [0.15, 0.2) is 0 Å². The summed E-state index contributed by atoms with van der Waals surface area (Å²) in [5, 5.41) is 17.4. The second-order valence-corrected chi connectivity index (χ2v) is 12.5. The fourth-order valence-corrected chi connectivity index (χ4v) is 6.46. The van der Waals surface area contributed by atoms with Crippen LogP contribution in [0, 0.1) is 6.92 Å². The summed E-state index contributed by atoms with van der Waals surface area (Å²) in [6.45, 7) is 2.31. The van der Waals surface area contributed by atoms with E-state index in [1.807, 2.05) is 37.4 Å². The molecule has 38 heavy (non-hydrogen) atoms. The van der Waals surface area contributed by atoms with Crippen molar-refractivity contribution in [3.05, 3.63) is 66.5 Å². The number of anilines is 2. The van der Waals surface area contributed by atoms with Crippen molar-refractivity contribution in [1.29, 1.82) is 0 Å². The smallest absolute Gasteiger partial charge is 0.243 e. The first-order valence-electron chi connectivity index (χ1n) is 13.1. The topological polar surface area (TPSA) is 111 Å². The van der Waals surface area contributed by atoms with E-state index in [2.05, 4.69) is 39.6 Å². The molecule has 1 saturated heterocycles. The predicted octanol–water partition coefficient (Wildman–Crippen LogP) is 3.19. The van der Waals surface area contributed by atoms with Crippen LogP contribution in [0.3, 0.4) is 0 Å². The number of pyridine rings is 2. The maximum atomic E-state index is 13.3. The Bertz CT molecular complexity index is 1320. The summed E-state index contributed by atoms with van der Waals surface area (Å²) >= 11 is 0. The van der Waals surface area contributed by atoms with E-state index in [4.69, 9.17) is 0 Å². The zero-order chi connectivity index (χ0) is 26.9. The van der Waals surface area contributed by atoms with Crippen LogP contribution < -0.4 is 10.6 Å². The number of hydrogen-bond acceptors (Lipinski definition) is 8. The molecular formula is C28H36N6O3S. The standard InChI is InChI=1S/C28H36N6O3S/c1-19-4-10-28(29-16-19)32-25-12-13-34(18-26(25)35)38(36,37)24-8-5-20(6-9-24)21-7-11-27(30-17-21)31-22-14-23(15-22)33(2)3/h4-11,16-17,22-23,25-26,35H,12-15,18H2,1-3H3,(H,29,32)(H,30,31)/t22-,23-,25-,26+/m1/s1. The van der Waals surface area contributed by atoms with E-state index in [1.54, 1.807) is 30.5 Å². The lowest BCUT2D eigenvalue weighted by atomic mass is 9.86. The Labute approximate surface area is 225 Å². The summed E-state index contributed by atoms with van der Waals surface area (Å²) in [6.07, 6.45) is 5.44. The summed E-state index contributed by atoms with van der Waals surface area (Å²) in [5.74, 6) is 1.52. The van der Waals surface area contributed by atoms with Crippen molar-refractivity contribution < 1.29 is 13.5 Å². The molecule has 5 rings (SSSR count). The molecule has 10 heteroatoms. The highest BCUT2D eigenvalue weighted by molar-refractivity contribution is 7.89. The third-order valence-corrected chi connectivity index (χ3v) is 9.45. The summed E-state index contributed by atoms with van der Waals surface area (Å²) in [4.78, 5) is 11.3. The number of aromatic nitrogens is 2. The maximum absolute atomic E-state index is 13.3. The molecule has 2 atom stereocenters. The molecule has 1 saturated carbocycles. The molecule has 9 nitrogen and oxygen atoms in total. The number of sulfonamides is 1. The number of nitrogens with zero attached hydrogens (tertiary/aromatic N) is 4. The second kappa shape index (κ2) is 11.0. The lowest BCUT2D eigenvalue weighted by Gasteiger charge is -2.40. The predicted molar refractivity (Wildman–Crippen MR) is 150 cm³/mol. The molecule has 1 aliphatic heterocycles. The van der Waals surface area contributed by atoms with Crippen LogP contribution in [0.15, 0.2) is 65.8 Å². The molecule has 2 aromatic heterocycles. The van der Waals surface area contributed by atoms with Crippen molar-refractivity contribution >= 4 is 21.7 Å². The van der Waals surface area contributed by atoms with Crippen LogP contribution in [0.5, 0.6) is 0 Å². The summed E-state index contributed by atoms with van der Waals surface area (Å²) in [6, 6.07) is 15.4. The van der Waals surface area contributed by atoms with E-state index in [-0.39, 0.29) is 17.5 Å². The average Bonchev–Trinajstić information content (AvgIpc) is 2.88. The van der Waals surface area contributed by atoms with Crippen LogP contribution in [-0.2, 0) is 10.0 Å². The fourth-order valence-electron chi connectivity index (χ4n) is 4.99. The van der Waals surface area contributed by atoms with Gasteiger partial charge in [0.1, 0.15) is 11.6 Å². The zero-order valence-corrected chi connectivity index (χ0v) is 22.9. The molecule has 1 aliphatic carbocycles. The Morgan fingerprint density at radius 2 is 1.58 bits per heavy atom. The van der Waals surface area contributed by atoms with Gasteiger partial charge in [0.05, 0.1) is 17.0 Å². The molecule has 0 bridgehead atoms. The summed E-state index contributed by atoms with van der Waals surface area (Å²) < 4.78 is 27.9. The van der Waals surface area contributed by atoms with E-state index >= 15 is 0 Å². The van der Waals surface area contributed by atoms with Gasteiger partial charge in [-0.1, -0.05) is 18.2 Å². The summed E-state index contributed by atoms with van der Waals surface area (Å²) in [7, 11) is 0.497. The minimum absolute atomic E-state index is 0.0300. The Morgan fingerprint density at radius 1 is 0.921 bits per heavy atom. The van der Waals surface area contributed by atoms with Crippen LogP contribution >= 0.6 is 0 Å². The number of nitrogens with one attached hydrogen (secondary N) is 2. The first-order valence-corrected chi connectivity index (χ1v) is 14.5. The molecule has 2 fully saturated rings. The van der Waals surface area contributed by atoms with Gasteiger partial charge in [-0.25, -0.2) is 18.4 Å². The van der Waals surface area contributed by atoms with Crippen molar-refractivity contribution in [2.75, 3.05) is 37.8 Å². The third kappa shape index (κ3) is 5.83. The highest BCUT2D eigenvalue weighted by atomic mass is 32.2.